The Morgan fingerprint density at radius 2 is 2.00 bits per heavy atom. The Morgan fingerprint density at radius 3 is 2.57 bits per heavy atom. The van der Waals surface area contributed by atoms with E-state index >= 15 is 0 Å². The smallest absolute Gasteiger partial charge is 0.317 e. The lowest BCUT2D eigenvalue weighted by Crippen LogP contribution is -2.39. The maximum Gasteiger partial charge on any atom is 0.317 e. The quantitative estimate of drug-likeness (QED) is 0.832. The molecular formula is C16H22N4O. The zero-order valence-corrected chi connectivity index (χ0v) is 12.2. The standard InChI is InChI=1S/C16H22N4O/c21-16(17-6-5-11-7-18-19-8-11)20-9-14-12-1-2-13(4-3-12)15(14)10-20/h1-2,7-8,12-15H,3-6,9-10H2,(H,17,21)(H,18,19). The van der Waals surface area contributed by atoms with Gasteiger partial charge in [0.1, 0.15) is 0 Å². The summed E-state index contributed by atoms with van der Waals surface area (Å²) in [6.07, 6.45) is 11.9. The van der Waals surface area contributed by atoms with Gasteiger partial charge in [-0.3, -0.25) is 5.10 Å². The van der Waals surface area contributed by atoms with E-state index in [1.54, 1.807) is 6.20 Å². The minimum Gasteiger partial charge on any atom is -0.338 e. The van der Waals surface area contributed by atoms with Crippen LogP contribution in [0.5, 0.6) is 0 Å². The maximum atomic E-state index is 12.3. The minimum absolute atomic E-state index is 0.104. The number of fused-ring (bicyclic) bond motifs is 1. The molecule has 2 fully saturated rings. The van der Waals surface area contributed by atoms with E-state index < -0.39 is 0 Å². The van der Waals surface area contributed by atoms with E-state index in [1.807, 2.05) is 11.1 Å². The number of urea groups is 1. The van der Waals surface area contributed by atoms with Crippen molar-refractivity contribution in [3.63, 3.8) is 0 Å². The van der Waals surface area contributed by atoms with Gasteiger partial charge in [0.25, 0.3) is 0 Å². The third kappa shape index (κ3) is 2.34. The highest BCUT2D eigenvalue weighted by Crippen LogP contribution is 2.48. The average Bonchev–Trinajstić information content (AvgIpc) is 3.18. The van der Waals surface area contributed by atoms with Crippen LogP contribution in [-0.4, -0.2) is 40.8 Å². The number of carbonyl (C=O) groups is 1. The molecule has 1 aliphatic heterocycles. The number of hydrogen-bond acceptors (Lipinski definition) is 2. The van der Waals surface area contributed by atoms with E-state index in [4.69, 9.17) is 0 Å². The van der Waals surface area contributed by atoms with Crippen molar-refractivity contribution in [3.8, 4) is 0 Å². The van der Waals surface area contributed by atoms with Crippen LogP contribution in [0.25, 0.3) is 0 Å². The molecule has 5 rings (SSSR count). The molecule has 4 unspecified atom stereocenters. The lowest BCUT2D eigenvalue weighted by Gasteiger charge is -2.40. The van der Waals surface area contributed by atoms with Crippen molar-refractivity contribution in [3.05, 3.63) is 30.1 Å². The fourth-order valence-corrected chi connectivity index (χ4v) is 4.34. The minimum atomic E-state index is 0.104. The molecule has 1 aromatic rings. The Hall–Kier alpha value is -1.78. The lowest BCUT2D eigenvalue weighted by atomic mass is 9.64. The predicted molar refractivity (Wildman–Crippen MR) is 79.6 cm³/mol. The van der Waals surface area contributed by atoms with Gasteiger partial charge in [-0.05, 0) is 48.5 Å². The Kier molecular flexibility index (Phi) is 3.20. The van der Waals surface area contributed by atoms with Crippen molar-refractivity contribution in [2.75, 3.05) is 19.6 Å². The topological polar surface area (TPSA) is 61.0 Å². The van der Waals surface area contributed by atoms with Crippen molar-refractivity contribution < 1.29 is 4.79 Å². The summed E-state index contributed by atoms with van der Waals surface area (Å²) in [5.41, 5.74) is 1.13. The third-order valence-electron chi connectivity index (χ3n) is 5.48. The molecule has 5 nitrogen and oxygen atoms in total. The first kappa shape index (κ1) is 12.9. The van der Waals surface area contributed by atoms with Crippen molar-refractivity contribution in [2.45, 2.75) is 19.3 Å². The largest absolute Gasteiger partial charge is 0.338 e. The predicted octanol–water partition coefficient (Wildman–Crippen LogP) is 1.81. The molecule has 2 N–H and O–H groups in total. The van der Waals surface area contributed by atoms with Gasteiger partial charge in [-0.1, -0.05) is 12.2 Å². The van der Waals surface area contributed by atoms with Gasteiger partial charge in [0, 0.05) is 25.8 Å². The molecule has 2 heterocycles. The Labute approximate surface area is 124 Å². The molecule has 112 valence electrons. The lowest BCUT2D eigenvalue weighted by molar-refractivity contribution is 0.169. The van der Waals surface area contributed by atoms with Crippen molar-refractivity contribution in [1.82, 2.24) is 20.4 Å². The molecule has 2 amide bonds. The summed E-state index contributed by atoms with van der Waals surface area (Å²) in [6, 6.07) is 0.104. The first-order valence-electron chi connectivity index (χ1n) is 8.00. The van der Waals surface area contributed by atoms with Gasteiger partial charge in [0.15, 0.2) is 0 Å². The number of allylic oxidation sites excluding steroid dienone is 2. The number of aromatic amines is 1. The number of likely N-dealkylation sites (tertiary alicyclic amines) is 1. The molecular weight excluding hydrogens is 264 g/mol. The second-order valence-electron chi connectivity index (χ2n) is 6.61. The van der Waals surface area contributed by atoms with Crippen LogP contribution in [0.15, 0.2) is 24.5 Å². The highest BCUT2D eigenvalue weighted by Gasteiger charge is 2.46. The van der Waals surface area contributed by atoms with E-state index in [2.05, 4.69) is 27.7 Å². The Balaban J connectivity index is 1.30. The van der Waals surface area contributed by atoms with E-state index in [-0.39, 0.29) is 6.03 Å². The fraction of sp³-hybridized carbons (Fsp3) is 0.625. The van der Waals surface area contributed by atoms with Gasteiger partial charge in [0.05, 0.1) is 6.20 Å². The van der Waals surface area contributed by atoms with E-state index in [0.29, 0.717) is 30.2 Å². The summed E-state index contributed by atoms with van der Waals surface area (Å²) in [5, 5.41) is 9.76. The molecule has 0 spiro atoms. The van der Waals surface area contributed by atoms with Crippen LogP contribution in [0, 0.1) is 23.7 Å². The Bertz CT molecular complexity index is 516. The highest BCUT2D eigenvalue weighted by atomic mass is 16.2. The highest BCUT2D eigenvalue weighted by molar-refractivity contribution is 5.74. The van der Waals surface area contributed by atoms with Crippen LogP contribution in [0.1, 0.15) is 18.4 Å². The third-order valence-corrected chi connectivity index (χ3v) is 5.48. The van der Waals surface area contributed by atoms with Crippen LogP contribution < -0.4 is 5.32 Å². The van der Waals surface area contributed by atoms with E-state index in [9.17, 15) is 4.79 Å². The molecule has 4 atom stereocenters. The zero-order chi connectivity index (χ0) is 14.2. The number of hydrogen-bond donors (Lipinski definition) is 2. The van der Waals surface area contributed by atoms with Crippen LogP contribution in [0.3, 0.4) is 0 Å². The van der Waals surface area contributed by atoms with Crippen LogP contribution in [0.4, 0.5) is 4.79 Å². The second-order valence-corrected chi connectivity index (χ2v) is 6.61. The molecule has 1 aromatic heterocycles. The maximum absolute atomic E-state index is 12.3. The van der Waals surface area contributed by atoms with Crippen molar-refractivity contribution >= 4 is 6.03 Å². The molecule has 3 aliphatic carbocycles. The first-order valence-corrected chi connectivity index (χ1v) is 8.00. The summed E-state index contributed by atoms with van der Waals surface area (Å²) in [6.45, 7) is 2.55. The Morgan fingerprint density at radius 1 is 1.29 bits per heavy atom. The molecule has 5 heteroatoms. The summed E-state index contributed by atoms with van der Waals surface area (Å²) in [5.74, 6) is 2.83. The first-order chi connectivity index (χ1) is 10.3. The van der Waals surface area contributed by atoms with Gasteiger partial charge in [-0.15, -0.1) is 0 Å². The number of H-pyrrole nitrogens is 1. The summed E-state index contributed by atoms with van der Waals surface area (Å²) < 4.78 is 0. The number of amides is 2. The van der Waals surface area contributed by atoms with Gasteiger partial charge in [0.2, 0.25) is 0 Å². The summed E-state index contributed by atoms with van der Waals surface area (Å²) in [4.78, 5) is 14.4. The summed E-state index contributed by atoms with van der Waals surface area (Å²) in [7, 11) is 0. The van der Waals surface area contributed by atoms with Crippen LogP contribution >= 0.6 is 0 Å². The number of carbonyl (C=O) groups excluding carboxylic acids is 1. The zero-order valence-electron chi connectivity index (χ0n) is 12.2. The molecule has 1 saturated heterocycles. The molecule has 4 aliphatic rings. The van der Waals surface area contributed by atoms with Crippen LogP contribution in [-0.2, 0) is 6.42 Å². The van der Waals surface area contributed by atoms with E-state index in [0.717, 1.165) is 25.1 Å². The molecule has 21 heavy (non-hydrogen) atoms. The van der Waals surface area contributed by atoms with Crippen molar-refractivity contribution in [1.29, 1.82) is 0 Å². The molecule has 1 saturated carbocycles. The van der Waals surface area contributed by atoms with Crippen LogP contribution in [0.2, 0.25) is 0 Å². The number of nitrogens with zero attached hydrogens (tertiary/aromatic N) is 2. The van der Waals surface area contributed by atoms with Gasteiger partial charge in [-0.25, -0.2) is 4.79 Å². The SMILES string of the molecule is O=C(NCCc1cn[nH]c1)N1CC2C3C=CC(CC3)C2C1. The molecule has 2 bridgehead atoms. The molecule has 0 radical (unpaired) electrons. The van der Waals surface area contributed by atoms with E-state index in [1.165, 1.54) is 12.8 Å². The number of nitrogens with one attached hydrogen (secondary N) is 2. The van der Waals surface area contributed by atoms with Gasteiger partial charge >= 0.3 is 6.03 Å². The molecule has 0 aromatic carbocycles. The van der Waals surface area contributed by atoms with Crippen molar-refractivity contribution in [2.24, 2.45) is 23.7 Å². The average molecular weight is 286 g/mol. The second kappa shape index (κ2) is 5.20. The van der Waals surface area contributed by atoms with Gasteiger partial charge < -0.3 is 10.2 Å². The van der Waals surface area contributed by atoms with Gasteiger partial charge in [-0.2, -0.15) is 5.10 Å². The number of aromatic nitrogens is 2. The normalized spacial score (nSPS) is 33.2. The monoisotopic (exact) mass is 286 g/mol. The number of rotatable bonds is 3. The summed E-state index contributed by atoms with van der Waals surface area (Å²) >= 11 is 0. The fourth-order valence-electron chi connectivity index (χ4n) is 4.34.